The molecule has 4 rings (SSSR count). The van der Waals surface area contributed by atoms with E-state index in [4.69, 9.17) is 4.74 Å². The van der Waals surface area contributed by atoms with Crippen LogP contribution in [-0.4, -0.2) is 43.8 Å². The van der Waals surface area contributed by atoms with E-state index in [2.05, 4.69) is 5.32 Å². The molecule has 1 N–H and O–H groups in total. The first kappa shape index (κ1) is 31.3. The molecular weight excluding hydrogens is 562 g/mol. The maximum atomic E-state index is 14.1. The molecule has 43 heavy (non-hydrogen) atoms. The molecule has 8 nitrogen and oxygen atoms in total. The fraction of sp³-hybridized carbons (Fsp3) is 0.235. The van der Waals surface area contributed by atoms with Crippen molar-refractivity contribution in [2.75, 3.05) is 10.8 Å². The lowest BCUT2D eigenvalue weighted by molar-refractivity contribution is -0.139. The minimum Gasteiger partial charge on any atom is -0.457 e. The number of ether oxygens (including phenoxy) is 1. The molecule has 0 aromatic heterocycles. The zero-order chi connectivity index (χ0) is 31.0. The van der Waals surface area contributed by atoms with Gasteiger partial charge in [-0.1, -0.05) is 60.7 Å². The van der Waals surface area contributed by atoms with Crippen LogP contribution in [0.1, 0.15) is 31.9 Å². The van der Waals surface area contributed by atoms with E-state index in [9.17, 15) is 18.0 Å². The van der Waals surface area contributed by atoms with E-state index >= 15 is 0 Å². The molecule has 0 radical (unpaired) electrons. The Kier molecular flexibility index (Phi) is 10.2. The van der Waals surface area contributed by atoms with E-state index in [1.165, 1.54) is 17.0 Å². The molecular formula is C34H37N3O5S. The van der Waals surface area contributed by atoms with Crippen LogP contribution in [-0.2, 0) is 26.2 Å². The number of nitrogens with zero attached hydrogens (tertiary/aromatic N) is 2. The van der Waals surface area contributed by atoms with Gasteiger partial charge in [0.1, 0.15) is 24.1 Å². The summed E-state index contributed by atoms with van der Waals surface area (Å²) in [5.41, 5.74) is 2.10. The number of aryl methyl sites for hydroxylation is 1. The molecule has 0 saturated carbocycles. The molecule has 0 spiro atoms. The second-order valence-electron chi connectivity index (χ2n) is 10.5. The van der Waals surface area contributed by atoms with Gasteiger partial charge in [0.15, 0.2) is 0 Å². The Morgan fingerprint density at radius 3 is 1.93 bits per heavy atom. The van der Waals surface area contributed by atoms with Crippen LogP contribution in [0.2, 0.25) is 0 Å². The molecule has 0 aliphatic rings. The lowest BCUT2D eigenvalue weighted by atomic mass is 10.1. The number of sulfonamides is 1. The minimum atomic E-state index is -4.16. The number of benzene rings is 4. The van der Waals surface area contributed by atoms with Crippen molar-refractivity contribution in [3.8, 4) is 11.5 Å². The second kappa shape index (κ2) is 14.0. The van der Waals surface area contributed by atoms with E-state index in [1.807, 2.05) is 75.4 Å². The van der Waals surface area contributed by atoms with Crippen LogP contribution in [0.15, 0.2) is 114 Å². The van der Waals surface area contributed by atoms with Crippen LogP contribution in [0.5, 0.6) is 11.5 Å². The maximum Gasteiger partial charge on any atom is 0.264 e. The van der Waals surface area contributed by atoms with E-state index in [1.54, 1.807) is 49.4 Å². The topological polar surface area (TPSA) is 96.0 Å². The highest BCUT2D eigenvalue weighted by atomic mass is 32.2. The zero-order valence-electron chi connectivity index (χ0n) is 24.8. The molecule has 4 aromatic carbocycles. The molecule has 224 valence electrons. The molecule has 0 aliphatic carbocycles. The summed E-state index contributed by atoms with van der Waals surface area (Å²) in [6.07, 6.45) is 0. The lowest BCUT2D eigenvalue weighted by Gasteiger charge is -2.32. The summed E-state index contributed by atoms with van der Waals surface area (Å²) in [4.78, 5) is 28.6. The summed E-state index contributed by atoms with van der Waals surface area (Å²) in [6.45, 7) is 6.90. The largest absolute Gasteiger partial charge is 0.457 e. The van der Waals surface area contributed by atoms with Crippen LogP contribution in [0.3, 0.4) is 0 Å². The normalized spacial score (nSPS) is 11.9. The highest BCUT2D eigenvalue weighted by Crippen LogP contribution is 2.28. The summed E-state index contributed by atoms with van der Waals surface area (Å²) in [5.74, 6) is 0.314. The number of hydrogen-bond acceptors (Lipinski definition) is 5. The summed E-state index contributed by atoms with van der Waals surface area (Å²) in [6, 6.07) is 30.3. The molecule has 0 fully saturated rings. The van der Waals surface area contributed by atoms with E-state index < -0.39 is 28.5 Å². The van der Waals surface area contributed by atoms with Gasteiger partial charge < -0.3 is 15.0 Å². The first-order valence-electron chi connectivity index (χ1n) is 14.1. The Morgan fingerprint density at radius 2 is 1.33 bits per heavy atom. The number of carbonyl (C=O) groups excluding carboxylic acids is 2. The van der Waals surface area contributed by atoms with Gasteiger partial charge in [-0.05, 0) is 87.4 Å². The average molecular weight is 600 g/mol. The third kappa shape index (κ3) is 8.02. The lowest BCUT2D eigenvalue weighted by Crippen LogP contribution is -2.52. The second-order valence-corrected chi connectivity index (χ2v) is 12.4. The van der Waals surface area contributed by atoms with E-state index in [0.29, 0.717) is 11.5 Å². The number of amides is 2. The summed E-state index contributed by atoms with van der Waals surface area (Å²) in [7, 11) is -4.16. The Labute approximate surface area is 254 Å². The highest BCUT2D eigenvalue weighted by molar-refractivity contribution is 7.92. The highest BCUT2D eigenvalue weighted by Gasteiger charge is 2.32. The molecule has 1 atom stereocenters. The van der Waals surface area contributed by atoms with Gasteiger partial charge in [0.05, 0.1) is 10.6 Å². The molecule has 9 heteroatoms. The van der Waals surface area contributed by atoms with Crippen molar-refractivity contribution in [1.29, 1.82) is 0 Å². The predicted octanol–water partition coefficient (Wildman–Crippen LogP) is 5.92. The van der Waals surface area contributed by atoms with Gasteiger partial charge in [-0.25, -0.2) is 8.42 Å². The van der Waals surface area contributed by atoms with Crippen LogP contribution >= 0.6 is 0 Å². The van der Waals surface area contributed by atoms with Gasteiger partial charge in [-0.2, -0.15) is 0 Å². The smallest absolute Gasteiger partial charge is 0.264 e. The Hall–Kier alpha value is -4.63. The SMILES string of the molecule is Cc1ccccc1CN(C(=O)CN(c1ccc(Oc2ccccc2)cc1)S(=O)(=O)c1ccccc1)C(C)C(=O)NC(C)C. The quantitative estimate of drug-likeness (QED) is 0.218. The number of nitrogens with one attached hydrogen (secondary N) is 1. The van der Waals surface area contributed by atoms with Crippen molar-refractivity contribution in [1.82, 2.24) is 10.2 Å². The molecule has 0 saturated heterocycles. The number of anilines is 1. The van der Waals surface area contributed by atoms with Gasteiger partial charge >= 0.3 is 0 Å². The first-order valence-corrected chi connectivity index (χ1v) is 15.6. The monoisotopic (exact) mass is 599 g/mol. The average Bonchev–Trinajstić information content (AvgIpc) is 3.00. The van der Waals surface area contributed by atoms with Gasteiger partial charge in [-0.15, -0.1) is 0 Å². The van der Waals surface area contributed by atoms with Crippen molar-refractivity contribution in [3.05, 3.63) is 120 Å². The maximum absolute atomic E-state index is 14.1. The van der Waals surface area contributed by atoms with Crippen LogP contribution in [0.4, 0.5) is 5.69 Å². The van der Waals surface area contributed by atoms with Gasteiger partial charge in [0.2, 0.25) is 11.8 Å². The van der Waals surface area contributed by atoms with Crippen LogP contribution < -0.4 is 14.4 Å². The molecule has 0 aliphatic heterocycles. The molecule has 4 aromatic rings. The van der Waals surface area contributed by atoms with Crippen LogP contribution in [0, 0.1) is 6.92 Å². The third-order valence-corrected chi connectivity index (χ3v) is 8.70. The Morgan fingerprint density at radius 1 is 0.767 bits per heavy atom. The Bertz CT molecular complexity index is 1630. The van der Waals surface area contributed by atoms with Gasteiger partial charge in [0.25, 0.3) is 10.0 Å². The van der Waals surface area contributed by atoms with E-state index in [-0.39, 0.29) is 29.1 Å². The van der Waals surface area contributed by atoms with Gasteiger partial charge in [0, 0.05) is 12.6 Å². The number of rotatable bonds is 12. The van der Waals surface area contributed by atoms with Crippen molar-refractivity contribution in [3.63, 3.8) is 0 Å². The van der Waals surface area contributed by atoms with Crippen molar-refractivity contribution in [2.45, 2.75) is 51.2 Å². The van der Waals surface area contributed by atoms with E-state index in [0.717, 1.165) is 15.4 Å². The minimum absolute atomic E-state index is 0.0449. The summed E-state index contributed by atoms with van der Waals surface area (Å²) in [5, 5.41) is 2.87. The third-order valence-electron chi connectivity index (χ3n) is 6.91. The number of carbonyl (C=O) groups is 2. The fourth-order valence-electron chi connectivity index (χ4n) is 4.51. The zero-order valence-corrected chi connectivity index (χ0v) is 25.6. The van der Waals surface area contributed by atoms with Crippen molar-refractivity contribution >= 4 is 27.5 Å². The summed E-state index contributed by atoms with van der Waals surface area (Å²) < 4.78 is 34.9. The fourth-order valence-corrected chi connectivity index (χ4v) is 5.95. The van der Waals surface area contributed by atoms with Crippen molar-refractivity contribution < 1.29 is 22.7 Å². The first-order chi connectivity index (χ1) is 20.6. The number of hydrogen-bond donors (Lipinski definition) is 1. The standard InChI is InChI=1S/C34H37N3O5S/c1-25(2)35-34(39)27(4)36(23-28-14-12-11-13-26(28)3)33(38)24-37(43(40,41)32-17-9-6-10-18-32)29-19-21-31(22-20-29)42-30-15-7-5-8-16-30/h5-22,25,27H,23-24H2,1-4H3,(H,35,39). The molecule has 1 unspecified atom stereocenters. The Balaban J connectivity index is 1.70. The molecule has 0 heterocycles. The molecule has 2 amide bonds. The predicted molar refractivity (Wildman–Crippen MR) is 168 cm³/mol. The number of para-hydroxylation sites is 1. The van der Waals surface area contributed by atoms with Gasteiger partial charge in [-0.3, -0.25) is 13.9 Å². The molecule has 0 bridgehead atoms. The summed E-state index contributed by atoms with van der Waals surface area (Å²) >= 11 is 0. The van der Waals surface area contributed by atoms with Crippen molar-refractivity contribution in [2.24, 2.45) is 0 Å². The van der Waals surface area contributed by atoms with Crippen LogP contribution in [0.25, 0.3) is 0 Å².